The van der Waals surface area contributed by atoms with Crippen LogP contribution < -0.4 is 5.32 Å². The van der Waals surface area contributed by atoms with Crippen LogP contribution >= 0.6 is 11.6 Å². The summed E-state index contributed by atoms with van der Waals surface area (Å²) in [7, 11) is -3.85. The van der Waals surface area contributed by atoms with Gasteiger partial charge in [-0.2, -0.15) is 22.6 Å². The molecule has 0 unspecified atom stereocenters. The summed E-state index contributed by atoms with van der Waals surface area (Å²) in [5.74, 6) is -0.676. The zero-order valence-electron chi connectivity index (χ0n) is 15.0. The first kappa shape index (κ1) is 22.2. The molecule has 2 rings (SSSR count). The van der Waals surface area contributed by atoms with Gasteiger partial charge in [-0.15, -0.1) is 0 Å². The second kappa shape index (κ2) is 8.50. The van der Waals surface area contributed by atoms with Gasteiger partial charge >= 0.3 is 6.18 Å². The van der Waals surface area contributed by atoms with E-state index in [9.17, 15) is 26.4 Å². The largest absolute Gasteiger partial charge is 0.435 e. The van der Waals surface area contributed by atoms with Gasteiger partial charge in [-0.3, -0.25) is 9.48 Å². The standard InChI is InChI=1S/C16H18ClF3N4O3S/c1-3-24(4-2)28(26,27)13-9-11(5-6-12(13)17)21-15(25)10-23-8-7-14(22-23)16(18,19)20/h5-9H,3-4,10H2,1-2H3,(H,21,25). The van der Waals surface area contributed by atoms with E-state index in [-0.39, 0.29) is 28.7 Å². The van der Waals surface area contributed by atoms with Gasteiger partial charge in [0.25, 0.3) is 0 Å². The highest BCUT2D eigenvalue weighted by molar-refractivity contribution is 7.89. The molecule has 0 spiro atoms. The van der Waals surface area contributed by atoms with Gasteiger partial charge in [-0.05, 0) is 24.3 Å². The van der Waals surface area contributed by atoms with Crippen molar-refractivity contribution in [2.75, 3.05) is 18.4 Å². The molecule has 0 fully saturated rings. The van der Waals surface area contributed by atoms with Crippen LogP contribution in [0.3, 0.4) is 0 Å². The van der Waals surface area contributed by atoms with Crippen LogP contribution in [-0.4, -0.2) is 41.5 Å². The highest BCUT2D eigenvalue weighted by Crippen LogP contribution is 2.28. The molecule has 1 aromatic heterocycles. The Bertz CT molecular complexity index is 956. The highest BCUT2D eigenvalue weighted by atomic mass is 35.5. The van der Waals surface area contributed by atoms with Crippen LogP contribution in [0.25, 0.3) is 0 Å². The summed E-state index contributed by atoms with van der Waals surface area (Å²) in [6, 6.07) is 4.68. The van der Waals surface area contributed by atoms with Crippen molar-refractivity contribution in [3.63, 3.8) is 0 Å². The van der Waals surface area contributed by atoms with Crippen LogP contribution in [0.1, 0.15) is 19.5 Å². The molecule has 0 aliphatic rings. The van der Waals surface area contributed by atoms with Crippen molar-refractivity contribution in [1.29, 1.82) is 0 Å². The maximum absolute atomic E-state index is 12.6. The Balaban J connectivity index is 2.19. The number of anilines is 1. The van der Waals surface area contributed by atoms with E-state index in [1.165, 1.54) is 22.5 Å². The summed E-state index contributed by atoms with van der Waals surface area (Å²) in [6.45, 7) is 3.37. The molecule has 1 amide bonds. The lowest BCUT2D eigenvalue weighted by atomic mass is 10.3. The van der Waals surface area contributed by atoms with Gasteiger partial charge in [0, 0.05) is 25.0 Å². The average Bonchev–Trinajstić information content (AvgIpc) is 3.06. The van der Waals surface area contributed by atoms with E-state index >= 15 is 0 Å². The lowest BCUT2D eigenvalue weighted by molar-refractivity contribution is -0.141. The number of hydrogen-bond acceptors (Lipinski definition) is 4. The summed E-state index contributed by atoms with van der Waals surface area (Å²) >= 11 is 6.01. The summed E-state index contributed by atoms with van der Waals surface area (Å²) in [5, 5.41) is 5.71. The minimum absolute atomic E-state index is 0.00760. The lowest BCUT2D eigenvalue weighted by Crippen LogP contribution is -2.31. The molecular formula is C16H18ClF3N4O3S. The van der Waals surface area contributed by atoms with Crippen molar-refractivity contribution in [1.82, 2.24) is 14.1 Å². The Hall–Kier alpha value is -2.11. The second-order valence-corrected chi connectivity index (χ2v) is 7.99. The molecule has 0 aliphatic heterocycles. The Morgan fingerprint density at radius 3 is 2.43 bits per heavy atom. The van der Waals surface area contributed by atoms with Crippen molar-refractivity contribution in [2.45, 2.75) is 31.5 Å². The number of carbonyl (C=O) groups excluding carboxylic acids is 1. The van der Waals surface area contributed by atoms with E-state index in [1.807, 2.05) is 0 Å². The van der Waals surface area contributed by atoms with Crippen LogP contribution in [0.4, 0.5) is 18.9 Å². The average molecular weight is 439 g/mol. The molecule has 28 heavy (non-hydrogen) atoms. The number of halogens is 4. The van der Waals surface area contributed by atoms with Crippen molar-refractivity contribution >= 4 is 33.2 Å². The molecule has 1 aromatic carbocycles. The predicted octanol–water partition coefficient (Wildman–Crippen LogP) is 3.22. The number of nitrogens with one attached hydrogen (secondary N) is 1. The molecule has 0 saturated heterocycles. The highest BCUT2D eigenvalue weighted by Gasteiger charge is 2.33. The van der Waals surface area contributed by atoms with Crippen LogP contribution in [0.2, 0.25) is 5.02 Å². The maximum Gasteiger partial charge on any atom is 0.435 e. The molecule has 1 N–H and O–H groups in total. The summed E-state index contributed by atoms with van der Waals surface area (Å²) < 4.78 is 65.0. The molecule has 154 valence electrons. The fourth-order valence-corrected chi connectivity index (χ4v) is 4.39. The van der Waals surface area contributed by atoms with Gasteiger partial charge in [0.05, 0.1) is 5.02 Å². The normalized spacial score (nSPS) is 12.4. The van der Waals surface area contributed by atoms with Crippen molar-refractivity contribution in [3.8, 4) is 0 Å². The van der Waals surface area contributed by atoms with Gasteiger partial charge in [0.1, 0.15) is 11.4 Å². The minimum Gasteiger partial charge on any atom is -0.324 e. The molecule has 0 bridgehead atoms. The number of nitrogens with zero attached hydrogens (tertiary/aromatic N) is 3. The summed E-state index contributed by atoms with van der Waals surface area (Å²) in [6.07, 6.45) is -3.58. The van der Waals surface area contributed by atoms with E-state index in [0.717, 1.165) is 16.9 Å². The van der Waals surface area contributed by atoms with Crippen LogP contribution in [0.15, 0.2) is 35.4 Å². The third kappa shape index (κ3) is 5.03. The molecule has 0 radical (unpaired) electrons. The monoisotopic (exact) mass is 438 g/mol. The smallest absolute Gasteiger partial charge is 0.324 e. The van der Waals surface area contributed by atoms with Crippen molar-refractivity contribution < 1.29 is 26.4 Å². The Morgan fingerprint density at radius 1 is 1.25 bits per heavy atom. The number of aromatic nitrogens is 2. The Labute approximate surface area is 165 Å². The topological polar surface area (TPSA) is 84.3 Å². The third-order valence-corrected chi connectivity index (χ3v) is 6.31. The zero-order chi connectivity index (χ0) is 21.1. The van der Waals surface area contributed by atoms with E-state index in [4.69, 9.17) is 11.6 Å². The molecule has 1 heterocycles. The van der Waals surface area contributed by atoms with E-state index in [0.29, 0.717) is 0 Å². The number of hydrogen-bond donors (Lipinski definition) is 1. The molecule has 0 aliphatic carbocycles. The number of alkyl halides is 3. The van der Waals surface area contributed by atoms with Gasteiger partial charge in [-0.1, -0.05) is 25.4 Å². The fourth-order valence-electron chi connectivity index (χ4n) is 2.43. The second-order valence-electron chi connectivity index (χ2n) is 5.68. The minimum atomic E-state index is -4.61. The van der Waals surface area contributed by atoms with E-state index in [1.54, 1.807) is 13.8 Å². The lowest BCUT2D eigenvalue weighted by Gasteiger charge is -2.19. The van der Waals surface area contributed by atoms with Gasteiger partial charge < -0.3 is 5.32 Å². The van der Waals surface area contributed by atoms with Gasteiger partial charge in [0.2, 0.25) is 15.9 Å². The molecule has 2 aromatic rings. The van der Waals surface area contributed by atoms with Gasteiger partial charge in [-0.25, -0.2) is 8.42 Å². The summed E-state index contributed by atoms with van der Waals surface area (Å²) in [4.78, 5) is 11.9. The zero-order valence-corrected chi connectivity index (χ0v) is 16.6. The van der Waals surface area contributed by atoms with Crippen LogP contribution in [-0.2, 0) is 27.5 Å². The first-order valence-electron chi connectivity index (χ1n) is 8.19. The first-order valence-corrected chi connectivity index (χ1v) is 10.0. The quantitative estimate of drug-likeness (QED) is 0.719. The van der Waals surface area contributed by atoms with Crippen LogP contribution in [0, 0.1) is 0 Å². The fraction of sp³-hybridized carbons (Fsp3) is 0.375. The van der Waals surface area contributed by atoms with Crippen LogP contribution in [0.5, 0.6) is 0 Å². The van der Waals surface area contributed by atoms with Gasteiger partial charge in [0.15, 0.2) is 5.69 Å². The molecule has 0 saturated carbocycles. The predicted molar refractivity (Wildman–Crippen MR) is 97.4 cm³/mol. The van der Waals surface area contributed by atoms with E-state index < -0.39 is 34.3 Å². The SMILES string of the molecule is CCN(CC)S(=O)(=O)c1cc(NC(=O)Cn2ccc(C(F)(F)F)n2)ccc1Cl. The Kier molecular flexibility index (Phi) is 6.73. The van der Waals surface area contributed by atoms with Crippen molar-refractivity contribution in [3.05, 3.63) is 41.2 Å². The number of rotatable bonds is 7. The molecule has 12 heteroatoms. The number of carbonyl (C=O) groups is 1. The Morgan fingerprint density at radius 2 is 1.89 bits per heavy atom. The van der Waals surface area contributed by atoms with Crippen molar-refractivity contribution in [2.24, 2.45) is 0 Å². The molecule has 0 atom stereocenters. The molecule has 7 nitrogen and oxygen atoms in total. The number of sulfonamides is 1. The van der Waals surface area contributed by atoms with E-state index in [2.05, 4.69) is 10.4 Å². The third-order valence-electron chi connectivity index (χ3n) is 3.77. The number of amides is 1. The first-order chi connectivity index (χ1) is 13.0. The number of benzene rings is 1. The molecular weight excluding hydrogens is 421 g/mol. The maximum atomic E-state index is 12.6. The summed E-state index contributed by atoms with van der Waals surface area (Å²) in [5.41, 5.74) is -0.970.